The lowest BCUT2D eigenvalue weighted by atomic mass is 10.2. The van der Waals surface area contributed by atoms with Gasteiger partial charge in [0.05, 0.1) is 6.10 Å². The third-order valence-electron chi connectivity index (χ3n) is 2.42. The van der Waals surface area contributed by atoms with Crippen molar-refractivity contribution in [3.63, 3.8) is 0 Å². The molecule has 0 aliphatic heterocycles. The van der Waals surface area contributed by atoms with Crippen molar-refractivity contribution in [3.05, 3.63) is 52.2 Å². The molecule has 0 amide bonds. The molecule has 1 heterocycles. The normalized spacial score (nSPS) is 12.6. The Labute approximate surface area is 104 Å². The minimum atomic E-state index is -0.365. The van der Waals surface area contributed by atoms with Crippen LogP contribution >= 0.6 is 23.1 Å². The minimum absolute atomic E-state index is 0.365. The average Bonchev–Trinajstić information content (AvgIpc) is 2.81. The summed E-state index contributed by atoms with van der Waals surface area (Å²) < 4.78 is 0. The van der Waals surface area contributed by atoms with Crippen LogP contribution in [0.3, 0.4) is 0 Å². The number of benzene rings is 1. The molecule has 2 rings (SSSR count). The molecule has 1 aromatic carbocycles. The van der Waals surface area contributed by atoms with Gasteiger partial charge in [0, 0.05) is 10.6 Å². The molecule has 1 unspecified atom stereocenters. The molecule has 0 radical (unpaired) electrons. The maximum absolute atomic E-state index is 9.95. The third kappa shape index (κ3) is 2.88. The highest BCUT2D eigenvalue weighted by molar-refractivity contribution is 7.99. The third-order valence-corrected chi connectivity index (χ3v) is 4.37. The maximum Gasteiger partial charge on any atom is 0.0891 e. The zero-order chi connectivity index (χ0) is 11.4. The van der Waals surface area contributed by atoms with E-state index in [1.165, 1.54) is 10.5 Å². The molecule has 0 bridgehead atoms. The van der Waals surface area contributed by atoms with Gasteiger partial charge in [0.1, 0.15) is 0 Å². The number of thiophene rings is 1. The lowest BCUT2D eigenvalue weighted by molar-refractivity contribution is 0.204. The fraction of sp³-hybridized carbons (Fsp3) is 0.231. The van der Waals surface area contributed by atoms with Gasteiger partial charge in [-0.3, -0.25) is 0 Å². The predicted octanol–water partition coefficient (Wildman–Crippen LogP) is 3.88. The molecule has 1 atom stereocenters. The van der Waals surface area contributed by atoms with E-state index >= 15 is 0 Å². The maximum atomic E-state index is 9.95. The second kappa shape index (κ2) is 5.53. The summed E-state index contributed by atoms with van der Waals surface area (Å²) in [6.07, 6.45) is -0.365. The van der Waals surface area contributed by atoms with Crippen LogP contribution in [0.5, 0.6) is 0 Å². The van der Waals surface area contributed by atoms with Gasteiger partial charge in [0.15, 0.2) is 0 Å². The summed E-state index contributed by atoms with van der Waals surface area (Å²) in [5.41, 5.74) is 2.29. The summed E-state index contributed by atoms with van der Waals surface area (Å²) in [5, 5.41) is 13.9. The first kappa shape index (κ1) is 11.7. The van der Waals surface area contributed by atoms with Crippen molar-refractivity contribution in [2.45, 2.75) is 17.9 Å². The number of rotatable bonds is 4. The number of hydrogen-bond acceptors (Lipinski definition) is 3. The fourth-order valence-electron chi connectivity index (χ4n) is 1.45. The van der Waals surface area contributed by atoms with Gasteiger partial charge in [-0.05, 0) is 40.9 Å². The number of aliphatic hydroxyl groups excluding tert-OH is 1. The van der Waals surface area contributed by atoms with Crippen molar-refractivity contribution in [2.75, 3.05) is 5.75 Å². The molecular weight excluding hydrogens is 236 g/mol. The molecule has 0 aliphatic carbocycles. The first-order valence-electron chi connectivity index (χ1n) is 5.16. The van der Waals surface area contributed by atoms with Crippen LogP contribution in [0.4, 0.5) is 0 Å². The zero-order valence-electron chi connectivity index (χ0n) is 9.09. The topological polar surface area (TPSA) is 20.2 Å². The lowest BCUT2D eigenvalue weighted by Gasteiger charge is -2.09. The molecule has 3 heteroatoms. The second-order valence-electron chi connectivity index (χ2n) is 3.65. The van der Waals surface area contributed by atoms with E-state index in [1.54, 1.807) is 23.1 Å². The monoisotopic (exact) mass is 250 g/mol. The van der Waals surface area contributed by atoms with E-state index in [0.29, 0.717) is 5.75 Å². The molecule has 0 fully saturated rings. The largest absolute Gasteiger partial charge is 0.388 e. The summed E-state index contributed by atoms with van der Waals surface area (Å²) in [4.78, 5) is 1.25. The number of hydrogen-bond donors (Lipinski definition) is 1. The highest BCUT2D eigenvalue weighted by Crippen LogP contribution is 2.27. The molecule has 1 N–H and O–H groups in total. The summed E-state index contributed by atoms with van der Waals surface area (Å²) in [6.45, 7) is 2.10. The van der Waals surface area contributed by atoms with Crippen LogP contribution in [-0.2, 0) is 0 Å². The van der Waals surface area contributed by atoms with E-state index in [9.17, 15) is 5.11 Å². The van der Waals surface area contributed by atoms with Crippen LogP contribution in [0.15, 0.2) is 46.0 Å². The van der Waals surface area contributed by atoms with Crippen LogP contribution in [0.25, 0.3) is 0 Å². The predicted molar refractivity (Wildman–Crippen MR) is 71.2 cm³/mol. The molecule has 1 aromatic heterocycles. The van der Waals surface area contributed by atoms with Gasteiger partial charge in [0.2, 0.25) is 0 Å². The Bertz CT molecular complexity index is 437. The van der Waals surface area contributed by atoms with E-state index in [1.807, 2.05) is 29.0 Å². The van der Waals surface area contributed by atoms with Crippen molar-refractivity contribution in [2.24, 2.45) is 0 Å². The molecule has 2 aromatic rings. The van der Waals surface area contributed by atoms with Gasteiger partial charge in [0.25, 0.3) is 0 Å². The second-order valence-corrected chi connectivity index (χ2v) is 5.49. The van der Waals surface area contributed by atoms with Crippen molar-refractivity contribution in [1.29, 1.82) is 0 Å². The summed E-state index contributed by atoms with van der Waals surface area (Å²) in [5.74, 6) is 0.710. The quantitative estimate of drug-likeness (QED) is 0.831. The van der Waals surface area contributed by atoms with Crippen LogP contribution < -0.4 is 0 Å². The Morgan fingerprint density at radius 3 is 2.81 bits per heavy atom. The Morgan fingerprint density at radius 2 is 2.12 bits per heavy atom. The molecule has 16 heavy (non-hydrogen) atoms. The molecular formula is C13H14OS2. The van der Waals surface area contributed by atoms with Crippen LogP contribution in [0, 0.1) is 6.92 Å². The smallest absolute Gasteiger partial charge is 0.0891 e. The Morgan fingerprint density at radius 1 is 1.31 bits per heavy atom. The van der Waals surface area contributed by atoms with E-state index in [2.05, 4.69) is 19.1 Å². The highest BCUT2D eigenvalue weighted by Gasteiger charge is 2.08. The molecule has 0 aliphatic rings. The minimum Gasteiger partial charge on any atom is -0.388 e. The Kier molecular flexibility index (Phi) is 4.04. The number of thioether (sulfide) groups is 1. The average molecular weight is 250 g/mol. The van der Waals surface area contributed by atoms with E-state index in [4.69, 9.17) is 0 Å². The van der Waals surface area contributed by atoms with Crippen molar-refractivity contribution in [1.82, 2.24) is 0 Å². The van der Waals surface area contributed by atoms with Crippen molar-refractivity contribution >= 4 is 23.1 Å². The van der Waals surface area contributed by atoms with Crippen LogP contribution in [0.2, 0.25) is 0 Å². The standard InChI is InChI=1S/C13H14OS2/c1-10-4-2-3-5-13(10)16-9-12(14)11-6-7-15-8-11/h2-8,12,14H,9H2,1H3. The summed E-state index contributed by atoms with van der Waals surface area (Å²) in [7, 11) is 0. The van der Waals surface area contributed by atoms with Crippen LogP contribution in [-0.4, -0.2) is 10.9 Å². The molecule has 1 nitrogen and oxygen atoms in total. The zero-order valence-corrected chi connectivity index (χ0v) is 10.7. The van der Waals surface area contributed by atoms with Gasteiger partial charge in [-0.15, -0.1) is 11.8 Å². The first-order chi connectivity index (χ1) is 7.77. The van der Waals surface area contributed by atoms with E-state index < -0.39 is 0 Å². The Balaban J connectivity index is 1.95. The SMILES string of the molecule is Cc1ccccc1SCC(O)c1ccsc1. The van der Waals surface area contributed by atoms with Gasteiger partial charge in [-0.1, -0.05) is 18.2 Å². The number of aliphatic hydroxyl groups is 1. The van der Waals surface area contributed by atoms with E-state index in [-0.39, 0.29) is 6.10 Å². The molecule has 84 valence electrons. The van der Waals surface area contributed by atoms with Crippen LogP contribution in [0.1, 0.15) is 17.2 Å². The first-order valence-corrected chi connectivity index (χ1v) is 7.09. The van der Waals surface area contributed by atoms with Gasteiger partial charge >= 0.3 is 0 Å². The lowest BCUT2D eigenvalue weighted by Crippen LogP contribution is -1.98. The summed E-state index contributed by atoms with van der Waals surface area (Å²) in [6, 6.07) is 10.2. The van der Waals surface area contributed by atoms with Gasteiger partial charge < -0.3 is 5.11 Å². The van der Waals surface area contributed by atoms with Crippen molar-refractivity contribution < 1.29 is 5.11 Å². The summed E-state index contributed by atoms with van der Waals surface area (Å²) >= 11 is 3.33. The van der Waals surface area contributed by atoms with E-state index in [0.717, 1.165) is 5.56 Å². The van der Waals surface area contributed by atoms with Gasteiger partial charge in [-0.25, -0.2) is 0 Å². The van der Waals surface area contributed by atoms with Crippen molar-refractivity contribution in [3.8, 4) is 0 Å². The Hall–Kier alpha value is -0.770. The molecule has 0 saturated heterocycles. The molecule has 0 saturated carbocycles. The highest BCUT2D eigenvalue weighted by atomic mass is 32.2. The fourth-order valence-corrected chi connectivity index (χ4v) is 3.16. The molecule has 0 spiro atoms. The van der Waals surface area contributed by atoms with Gasteiger partial charge in [-0.2, -0.15) is 11.3 Å². The number of aryl methyl sites for hydroxylation is 1.